The summed E-state index contributed by atoms with van der Waals surface area (Å²) < 4.78 is 28.9. The fourth-order valence-corrected chi connectivity index (χ4v) is 5.74. The van der Waals surface area contributed by atoms with Gasteiger partial charge in [-0.1, -0.05) is 77.8 Å². The molecule has 0 aliphatic heterocycles. The molecule has 11 heteroatoms. The molecule has 220 valence electrons. The van der Waals surface area contributed by atoms with E-state index in [1.807, 2.05) is 51.1 Å². The van der Waals surface area contributed by atoms with Gasteiger partial charge in [0.05, 0.1) is 5.69 Å². The van der Waals surface area contributed by atoms with Crippen molar-refractivity contribution in [3.05, 3.63) is 100 Å². The fraction of sp³-hybridized carbons (Fsp3) is 0.333. The minimum atomic E-state index is -4.08. The number of para-hydroxylation sites is 1. The number of rotatable bonds is 11. The van der Waals surface area contributed by atoms with E-state index in [-0.39, 0.29) is 18.9 Å². The van der Waals surface area contributed by atoms with Crippen molar-refractivity contribution in [2.24, 2.45) is 0 Å². The van der Waals surface area contributed by atoms with E-state index in [1.165, 1.54) is 19.0 Å². The lowest BCUT2D eigenvalue weighted by Gasteiger charge is -2.36. The third-order valence-electron chi connectivity index (χ3n) is 6.22. The lowest BCUT2D eigenvalue weighted by molar-refractivity contribution is -0.140. The quantitative estimate of drug-likeness (QED) is 0.321. The van der Waals surface area contributed by atoms with E-state index in [1.54, 1.807) is 48.5 Å². The van der Waals surface area contributed by atoms with Crippen LogP contribution in [0.1, 0.15) is 31.9 Å². The number of nitrogens with one attached hydrogen (secondary N) is 1. The molecule has 3 rings (SSSR count). The molecule has 0 saturated carbocycles. The van der Waals surface area contributed by atoms with Gasteiger partial charge >= 0.3 is 10.2 Å². The molecule has 2 amide bonds. The molecule has 0 heterocycles. The Morgan fingerprint density at radius 2 is 1.39 bits per heavy atom. The van der Waals surface area contributed by atoms with Crippen molar-refractivity contribution in [3.8, 4) is 0 Å². The van der Waals surface area contributed by atoms with Gasteiger partial charge in [-0.25, -0.2) is 4.31 Å². The molecule has 0 fully saturated rings. The molecule has 0 aliphatic carbocycles. The lowest BCUT2D eigenvalue weighted by atomic mass is 10.0. The first-order valence-corrected chi connectivity index (χ1v) is 15.2. The van der Waals surface area contributed by atoms with Gasteiger partial charge in [-0.15, -0.1) is 0 Å². The smallest absolute Gasteiger partial charge is 0.304 e. The van der Waals surface area contributed by atoms with Crippen LogP contribution in [0.4, 0.5) is 5.69 Å². The molecule has 0 radical (unpaired) electrons. The van der Waals surface area contributed by atoms with Gasteiger partial charge in [-0.05, 0) is 50.6 Å². The predicted molar refractivity (Wildman–Crippen MR) is 165 cm³/mol. The summed E-state index contributed by atoms with van der Waals surface area (Å²) in [6.07, 6.45) is 0.183. The van der Waals surface area contributed by atoms with Crippen LogP contribution < -0.4 is 9.62 Å². The minimum Gasteiger partial charge on any atom is -0.350 e. The first-order valence-electron chi connectivity index (χ1n) is 13.0. The van der Waals surface area contributed by atoms with Crippen molar-refractivity contribution in [1.82, 2.24) is 14.5 Å². The Labute approximate surface area is 253 Å². The molecule has 0 aliphatic rings. The van der Waals surface area contributed by atoms with Crippen LogP contribution in [0.3, 0.4) is 0 Å². The molecular weight excluding hydrogens is 583 g/mol. The van der Waals surface area contributed by atoms with E-state index >= 15 is 0 Å². The molecule has 41 heavy (non-hydrogen) atoms. The van der Waals surface area contributed by atoms with Crippen LogP contribution in [0.25, 0.3) is 0 Å². The predicted octanol–water partition coefficient (Wildman–Crippen LogP) is 5.16. The molecule has 8 nitrogen and oxygen atoms in total. The van der Waals surface area contributed by atoms with Gasteiger partial charge in [-0.3, -0.25) is 9.59 Å². The van der Waals surface area contributed by atoms with Gasteiger partial charge in [0.15, 0.2) is 0 Å². The number of benzene rings is 3. The Bertz CT molecular complexity index is 1430. The maximum Gasteiger partial charge on any atom is 0.304 e. The SMILES string of the molecule is CN(C)S(=O)(=O)N(CC(=O)N(Cc1c(Cl)cccc1Cl)[C@H](Cc1ccccc1)C(=O)NC(C)(C)C)c1ccccc1. The van der Waals surface area contributed by atoms with E-state index < -0.39 is 34.2 Å². The molecule has 3 aromatic carbocycles. The van der Waals surface area contributed by atoms with E-state index in [9.17, 15) is 18.0 Å². The first-order chi connectivity index (χ1) is 19.2. The fourth-order valence-electron chi connectivity index (χ4n) is 4.17. The molecule has 1 N–H and O–H groups in total. The second kappa shape index (κ2) is 13.7. The monoisotopic (exact) mass is 618 g/mol. The summed E-state index contributed by atoms with van der Waals surface area (Å²) in [5.41, 5.74) is 0.995. The van der Waals surface area contributed by atoms with Gasteiger partial charge in [-0.2, -0.15) is 12.7 Å². The number of halogens is 2. The summed E-state index contributed by atoms with van der Waals surface area (Å²) in [4.78, 5) is 29.4. The molecule has 0 saturated heterocycles. The van der Waals surface area contributed by atoms with Gasteiger partial charge in [0, 0.05) is 48.2 Å². The summed E-state index contributed by atoms with van der Waals surface area (Å²) in [5.74, 6) is -0.986. The van der Waals surface area contributed by atoms with Gasteiger partial charge in [0.2, 0.25) is 11.8 Å². The number of amides is 2. The maximum atomic E-state index is 14.3. The van der Waals surface area contributed by atoms with Crippen LogP contribution in [-0.4, -0.2) is 61.7 Å². The topological polar surface area (TPSA) is 90.0 Å². The van der Waals surface area contributed by atoms with Crippen LogP contribution in [0.2, 0.25) is 10.0 Å². The molecule has 0 unspecified atom stereocenters. The second-order valence-electron chi connectivity index (χ2n) is 10.8. The van der Waals surface area contributed by atoms with Crippen LogP contribution in [0, 0.1) is 0 Å². The summed E-state index contributed by atoms with van der Waals surface area (Å²) in [6, 6.07) is 21.7. The van der Waals surface area contributed by atoms with E-state index in [2.05, 4.69) is 5.32 Å². The Kier molecular flexibility index (Phi) is 10.8. The number of hydrogen-bond donors (Lipinski definition) is 1. The zero-order chi connectivity index (χ0) is 30.4. The molecular formula is C30H36Cl2N4O4S. The molecule has 0 bridgehead atoms. The number of carbonyl (C=O) groups excluding carboxylic acids is 2. The summed E-state index contributed by atoms with van der Waals surface area (Å²) in [5, 5.41) is 3.63. The number of carbonyl (C=O) groups is 2. The Morgan fingerprint density at radius 3 is 1.90 bits per heavy atom. The molecule has 3 aromatic rings. The summed E-state index contributed by atoms with van der Waals surface area (Å²) in [7, 11) is -1.29. The Balaban J connectivity index is 2.14. The highest BCUT2D eigenvalue weighted by Crippen LogP contribution is 2.28. The standard InChI is InChI=1S/C30H36Cl2N4O4S/c1-30(2,3)33-29(38)27(19-22-13-8-6-9-14-22)35(20-24-25(31)17-12-18-26(24)32)28(37)21-36(41(39,40)34(4)5)23-15-10-7-11-16-23/h6-18,27H,19-21H2,1-5H3,(H,33,38)/t27-/m1/s1. The highest BCUT2D eigenvalue weighted by atomic mass is 35.5. The van der Waals surface area contributed by atoms with Gasteiger partial charge in [0.25, 0.3) is 0 Å². The largest absolute Gasteiger partial charge is 0.350 e. The zero-order valence-electron chi connectivity index (χ0n) is 23.8. The van der Waals surface area contributed by atoms with Gasteiger partial charge < -0.3 is 10.2 Å². The molecule has 1 atom stereocenters. The van der Waals surface area contributed by atoms with Crippen LogP contribution in [0.15, 0.2) is 78.9 Å². The number of anilines is 1. The average molecular weight is 620 g/mol. The van der Waals surface area contributed by atoms with Crippen molar-refractivity contribution in [3.63, 3.8) is 0 Å². The lowest BCUT2D eigenvalue weighted by Crippen LogP contribution is -2.56. The van der Waals surface area contributed by atoms with Crippen molar-refractivity contribution < 1.29 is 18.0 Å². The average Bonchev–Trinajstić information content (AvgIpc) is 2.90. The van der Waals surface area contributed by atoms with Crippen molar-refractivity contribution in [1.29, 1.82) is 0 Å². The van der Waals surface area contributed by atoms with Crippen molar-refractivity contribution in [2.45, 2.75) is 45.3 Å². The van der Waals surface area contributed by atoms with Crippen molar-refractivity contribution in [2.75, 3.05) is 24.9 Å². The van der Waals surface area contributed by atoms with Crippen LogP contribution in [-0.2, 0) is 32.8 Å². The third kappa shape index (κ3) is 8.69. The summed E-state index contributed by atoms with van der Waals surface area (Å²) >= 11 is 13.0. The van der Waals surface area contributed by atoms with E-state index in [4.69, 9.17) is 23.2 Å². The van der Waals surface area contributed by atoms with Crippen LogP contribution in [0.5, 0.6) is 0 Å². The Hall–Kier alpha value is -3.11. The number of nitrogens with zero attached hydrogens (tertiary/aromatic N) is 3. The zero-order valence-corrected chi connectivity index (χ0v) is 26.2. The maximum absolute atomic E-state index is 14.3. The first kappa shape index (κ1) is 32.4. The van der Waals surface area contributed by atoms with Crippen LogP contribution >= 0.6 is 23.2 Å². The normalized spacial score (nSPS) is 12.6. The molecule has 0 spiro atoms. The highest BCUT2D eigenvalue weighted by molar-refractivity contribution is 7.90. The molecule has 0 aromatic heterocycles. The van der Waals surface area contributed by atoms with E-state index in [0.29, 0.717) is 21.3 Å². The van der Waals surface area contributed by atoms with E-state index in [0.717, 1.165) is 14.2 Å². The highest BCUT2D eigenvalue weighted by Gasteiger charge is 2.36. The third-order valence-corrected chi connectivity index (χ3v) is 8.75. The summed E-state index contributed by atoms with van der Waals surface area (Å²) in [6.45, 7) is 4.88. The second-order valence-corrected chi connectivity index (χ2v) is 13.7. The van der Waals surface area contributed by atoms with Gasteiger partial charge in [0.1, 0.15) is 12.6 Å². The number of hydrogen-bond acceptors (Lipinski definition) is 4. The minimum absolute atomic E-state index is 0.114. The Morgan fingerprint density at radius 1 is 0.854 bits per heavy atom. The van der Waals surface area contributed by atoms with Crippen molar-refractivity contribution >= 4 is 50.9 Å².